The Balaban J connectivity index is 2.30. The number of nitrogens with one attached hydrogen (secondary N) is 1. The standard InChI is InChI=1S/C20H25ClN2O6S/c1-6-23(30(25,26)19-9-13(2)7-8-16(19)27-3)12-20(24)22-15-11-17(28-4)14(21)10-18(15)29-5/h7-11H,6,12H2,1-5H3,(H,22,24). The second-order valence-electron chi connectivity index (χ2n) is 6.32. The molecule has 0 bridgehead atoms. The van der Waals surface area contributed by atoms with Crippen LogP contribution in [0.15, 0.2) is 35.2 Å². The molecular formula is C20H25ClN2O6S. The molecular weight excluding hydrogens is 432 g/mol. The third kappa shape index (κ3) is 5.16. The number of sulfonamides is 1. The number of benzene rings is 2. The van der Waals surface area contributed by atoms with Gasteiger partial charge in [-0.05, 0) is 24.6 Å². The molecule has 8 nitrogen and oxygen atoms in total. The molecule has 30 heavy (non-hydrogen) atoms. The van der Waals surface area contributed by atoms with E-state index >= 15 is 0 Å². The van der Waals surface area contributed by atoms with Gasteiger partial charge in [-0.25, -0.2) is 8.42 Å². The maximum atomic E-state index is 13.2. The lowest BCUT2D eigenvalue weighted by atomic mass is 10.2. The quantitative estimate of drug-likeness (QED) is 0.622. The number of anilines is 1. The van der Waals surface area contributed by atoms with Crippen LogP contribution in [0, 0.1) is 6.92 Å². The fraction of sp³-hybridized carbons (Fsp3) is 0.350. The Hall–Kier alpha value is -2.49. The van der Waals surface area contributed by atoms with E-state index in [4.69, 9.17) is 25.8 Å². The van der Waals surface area contributed by atoms with Gasteiger partial charge in [-0.1, -0.05) is 24.6 Å². The maximum absolute atomic E-state index is 13.2. The zero-order valence-corrected chi connectivity index (χ0v) is 19.1. The molecule has 0 aliphatic heterocycles. The van der Waals surface area contributed by atoms with Gasteiger partial charge in [-0.15, -0.1) is 0 Å². The fourth-order valence-electron chi connectivity index (χ4n) is 2.80. The van der Waals surface area contributed by atoms with Crippen molar-refractivity contribution in [2.75, 3.05) is 39.7 Å². The van der Waals surface area contributed by atoms with Gasteiger partial charge in [0.2, 0.25) is 15.9 Å². The normalized spacial score (nSPS) is 11.3. The van der Waals surface area contributed by atoms with E-state index < -0.39 is 22.5 Å². The van der Waals surface area contributed by atoms with Crippen LogP contribution < -0.4 is 19.5 Å². The van der Waals surface area contributed by atoms with Crippen LogP contribution in [0.4, 0.5) is 5.69 Å². The Morgan fingerprint density at radius 2 is 1.67 bits per heavy atom. The van der Waals surface area contributed by atoms with Crippen molar-refractivity contribution >= 4 is 33.2 Å². The minimum atomic E-state index is -3.97. The summed E-state index contributed by atoms with van der Waals surface area (Å²) < 4.78 is 43.0. The Morgan fingerprint density at radius 3 is 2.23 bits per heavy atom. The molecule has 1 amide bonds. The number of carbonyl (C=O) groups excluding carboxylic acids is 1. The Kier molecular flexibility index (Phi) is 7.94. The van der Waals surface area contributed by atoms with Crippen LogP contribution in [-0.2, 0) is 14.8 Å². The first kappa shape index (κ1) is 23.8. The number of likely N-dealkylation sites (N-methyl/N-ethyl adjacent to an activating group) is 1. The van der Waals surface area contributed by atoms with E-state index in [2.05, 4.69) is 5.32 Å². The van der Waals surface area contributed by atoms with Gasteiger partial charge < -0.3 is 19.5 Å². The molecule has 0 atom stereocenters. The van der Waals surface area contributed by atoms with Crippen LogP contribution >= 0.6 is 11.6 Å². The molecule has 1 N–H and O–H groups in total. The predicted molar refractivity (Wildman–Crippen MR) is 115 cm³/mol. The number of amides is 1. The number of halogens is 1. The van der Waals surface area contributed by atoms with E-state index in [0.717, 1.165) is 9.87 Å². The molecule has 0 saturated heterocycles. The Morgan fingerprint density at radius 1 is 1.03 bits per heavy atom. The molecule has 0 heterocycles. The number of aryl methyl sites for hydroxylation is 1. The summed E-state index contributed by atoms with van der Waals surface area (Å²) in [6, 6.07) is 7.86. The molecule has 0 aliphatic rings. The second-order valence-corrected chi connectivity index (χ2v) is 8.63. The highest BCUT2D eigenvalue weighted by atomic mass is 35.5. The van der Waals surface area contributed by atoms with E-state index in [1.54, 1.807) is 26.0 Å². The first-order valence-electron chi connectivity index (χ1n) is 9.04. The highest BCUT2D eigenvalue weighted by Crippen LogP contribution is 2.36. The number of ether oxygens (including phenoxy) is 3. The SMILES string of the molecule is CCN(CC(=O)Nc1cc(OC)c(Cl)cc1OC)S(=O)(=O)c1cc(C)ccc1OC. The molecule has 0 radical (unpaired) electrons. The van der Waals surface area contributed by atoms with Gasteiger partial charge >= 0.3 is 0 Å². The molecule has 0 saturated carbocycles. The summed E-state index contributed by atoms with van der Waals surface area (Å²) in [5, 5.41) is 2.97. The van der Waals surface area contributed by atoms with Crippen molar-refractivity contribution in [2.24, 2.45) is 0 Å². The highest BCUT2D eigenvalue weighted by Gasteiger charge is 2.29. The van der Waals surface area contributed by atoms with Crippen LogP contribution in [0.2, 0.25) is 5.02 Å². The smallest absolute Gasteiger partial charge is 0.247 e. The van der Waals surface area contributed by atoms with E-state index in [1.165, 1.54) is 39.5 Å². The van der Waals surface area contributed by atoms with Crippen molar-refractivity contribution in [3.63, 3.8) is 0 Å². The molecule has 2 aromatic carbocycles. The number of rotatable bonds is 9. The minimum Gasteiger partial charge on any atom is -0.495 e. The van der Waals surface area contributed by atoms with Gasteiger partial charge in [0.25, 0.3) is 0 Å². The molecule has 10 heteroatoms. The number of carbonyl (C=O) groups is 1. The summed E-state index contributed by atoms with van der Waals surface area (Å²) in [6.45, 7) is 3.12. The zero-order chi connectivity index (χ0) is 22.5. The van der Waals surface area contributed by atoms with Crippen LogP contribution in [0.25, 0.3) is 0 Å². The van der Waals surface area contributed by atoms with Gasteiger partial charge in [-0.2, -0.15) is 4.31 Å². The third-order valence-corrected chi connectivity index (χ3v) is 6.59. The lowest BCUT2D eigenvalue weighted by molar-refractivity contribution is -0.116. The lowest BCUT2D eigenvalue weighted by Crippen LogP contribution is -2.38. The van der Waals surface area contributed by atoms with Crippen molar-refractivity contribution < 1.29 is 27.4 Å². The molecule has 164 valence electrons. The average molecular weight is 457 g/mol. The van der Waals surface area contributed by atoms with Crippen LogP contribution in [0.5, 0.6) is 17.2 Å². The summed E-state index contributed by atoms with van der Waals surface area (Å²) >= 11 is 6.08. The molecule has 2 rings (SSSR count). The second kappa shape index (κ2) is 10.0. The average Bonchev–Trinajstić information content (AvgIpc) is 2.72. The van der Waals surface area contributed by atoms with Crippen molar-refractivity contribution in [1.82, 2.24) is 4.31 Å². The van der Waals surface area contributed by atoms with Crippen molar-refractivity contribution in [3.05, 3.63) is 40.9 Å². The van der Waals surface area contributed by atoms with Gasteiger partial charge in [0.15, 0.2) is 0 Å². The summed E-state index contributed by atoms with van der Waals surface area (Å²) in [7, 11) is 0.303. The highest BCUT2D eigenvalue weighted by molar-refractivity contribution is 7.89. The molecule has 0 aromatic heterocycles. The van der Waals surface area contributed by atoms with Gasteiger partial charge in [0.05, 0.1) is 38.6 Å². The van der Waals surface area contributed by atoms with Crippen LogP contribution in [0.3, 0.4) is 0 Å². The lowest BCUT2D eigenvalue weighted by Gasteiger charge is -2.22. The molecule has 0 aliphatic carbocycles. The van der Waals surface area contributed by atoms with E-state index in [0.29, 0.717) is 22.2 Å². The van der Waals surface area contributed by atoms with Gasteiger partial charge in [0, 0.05) is 18.7 Å². The van der Waals surface area contributed by atoms with Crippen molar-refractivity contribution in [3.8, 4) is 17.2 Å². The monoisotopic (exact) mass is 456 g/mol. The summed E-state index contributed by atoms with van der Waals surface area (Å²) in [5.41, 5.74) is 1.07. The van der Waals surface area contributed by atoms with Gasteiger partial charge in [0.1, 0.15) is 22.1 Å². The number of hydrogen-bond donors (Lipinski definition) is 1. The topological polar surface area (TPSA) is 94.2 Å². The Bertz CT molecular complexity index is 1030. The predicted octanol–water partition coefficient (Wildman–Crippen LogP) is 3.32. The Labute approximate surface area is 181 Å². The fourth-order valence-corrected chi connectivity index (χ4v) is 4.68. The van der Waals surface area contributed by atoms with Crippen molar-refractivity contribution in [2.45, 2.75) is 18.7 Å². The largest absolute Gasteiger partial charge is 0.495 e. The molecule has 2 aromatic rings. The van der Waals surface area contributed by atoms with Crippen LogP contribution in [-0.4, -0.2) is 53.0 Å². The number of nitrogens with zero attached hydrogens (tertiary/aromatic N) is 1. The summed E-state index contributed by atoms with van der Waals surface area (Å²) in [6.07, 6.45) is 0. The zero-order valence-electron chi connectivity index (χ0n) is 17.5. The van der Waals surface area contributed by atoms with Crippen molar-refractivity contribution in [1.29, 1.82) is 0 Å². The first-order chi connectivity index (χ1) is 14.2. The van der Waals surface area contributed by atoms with Crippen LogP contribution in [0.1, 0.15) is 12.5 Å². The molecule has 0 fully saturated rings. The molecule has 0 unspecified atom stereocenters. The minimum absolute atomic E-state index is 0.00499. The summed E-state index contributed by atoms with van der Waals surface area (Å²) in [5.74, 6) is 0.330. The third-order valence-electron chi connectivity index (χ3n) is 4.36. The van der Waals surface area contributed by atoms with E-state index in [-0.39, 0.29) is 17.2 Å². The number of hydrogen-bond acceptors (Lipinski definition) is 6. The first-order valence-corrected chi connectivity index (χ1v) is 10.9. The van der Waals surface area contributed by atoms with E-state index in [9.17, 15) is 13.2 Å². The maximum Gasteiger partial charge on any atom is 0.247 e. The van der Waals surface area contributed by atoms with Gasteiger partial charge in [-0.3, -0.25) is 4.79 Å². The van der Waals surface area contributed by atoms with E-state index in [1.807, 2.05) is 0 Å². The summed E-state index contributed by atoms with van der Waals surface area (Å²) in [4.78, 5) is 12.7. The number of methoxy groups -OCH3 is 3. The molecule has 0 spiro atoms.